The van der Waals surface area contributed by atoms with Crippen molar-refractivity contribution < 1.29 is 57.2 Å². The Balaban J connectivity index is 0. The average molecular weight is 464 g/mol. The standard InChI is InChI=1S/2C10H16O6/c2*1-6(11)5-15-9(12)8(3)16-10(13)7(2)14-4/h2*7-8H,5H2,1-4H3/t2*7-,8+/m10/s1. The second kappa shape index (κ2) is 16.8. The van der Waals surface area contributed by atoms with Gasteiger partial charge in [-0.3, -0.25) is 9.59 Å². The minimum Gasteiger partial charge on any atom is -0.455 e. The molecule has 0 saturated carbocycles. The number of Topliss-reactive ketones (excluding diaryl/α,β-unsaturated/α-hetero) is 2. The molecule has 12 heteroatoms. The fourth-order valence-electron chi connectivity index (χ4n) is 1.41. The van der Waals surface area contributed by atoms with Crippen LogP contribution in [0.3, 0.4) is 0 Å². The van der Waals surface area contributed by atoms with Gasteiger partial charge in [-0.05, 0) is 41.5 Å². The van der Waals surface area contributed by atoms with Gasteiger partial charge in [0.2, 0.25) is 0 Å². The highest BCUT2D eigenvalue weighted by atomic mass is 16.6. The number of hydrogen-bond donors (Lipinski definition) is 0. The van der Waals surface area contributed by atoms with Crippen LogP contribution in [-0.4, -0.2) is 87.3 Å². The van der Waals surface area contributed by atoms with E-state index < -0.39 is 48.3 Å². The lowest BCUT2D eigenvalue weighted by Crippen LogP contribution is -2.32. The molecule has 0 bridgehead atoms. The number of hydrogen-bond acceptors (Lipinski definition) is 12. The molecule has 184 valence electrons. The van der Waals surface area contributed by atoms with E-state index in [0.717, 1.165) is 0 Å². The predicted molar refractivity (Wildman–Crippen MR) is 107 cm³/mol. The third-order valence-corrected chi connectivity index (χ3v) is 3.46. The Morgan fingerprint density at radius 1 is 0.531 bits per heavy atom. The summed E-state index contributed by atoms with van der Waals surface area (Å²) in [6.45, 7) is 7.66. The first-order valence-corrected chi connectivity index (χ1v) is 9.55. The molecule has 0 N–H and O–H groups in total. The smallest absolute Gasteiger partial charge is 0.347 e. The van der Waals surface area contributed by atoms with Crippen molar-refractivity contribution in [2.24, 2.45) is 0 Å². The largest absolute Gasteiger partial charge is 0.455 e. The summed E-state index contributed by atoms with van der Waals surface area (Å²) in [5.41, 5.74) is 0. The van der Waals surface area contributed by atoms with E-state index in [4.69, 9.17) is 18.9 Å². The maximum absolute atomic E-state index is 11.2. The number of ether oxygens (including phenoxy) is 6. The van der Waals surface area contributed by atoms with Gasteiger partial charge in [-0.1, -0.05) is 0 Å². The van der Waals surface area contributed by atoms with E-state index in [0.29, 0.717) is 0 Å². The van der Waals surface area contributed by atoms with Gasteiger partial charge in [-0.2, -0.15) is 0 Å². The molecular weight excluding hydrogens is 432 g/mol. The Kier molecular flexibility index (Phi) is 16.4. The molecule has 0 aromatic heterocycles. The molecule has 0 aromatic rings. The van der Waals surface area contributed by atoms with Crippen molar-refractivity contribution >= 4 is 35.4 Å². The maximum atomic E-state index is 11.2. The number of ketones is 2. The van der Waals surface area contributed by atoms with E-state index in [1.165, 1.54) is 55.8 Å². The second-order valence-corrected chi connectivity index (χ2v) is 6.53. The molecular formula is C20H32O12. The summed E-state index contributed by atoms with van der Waals surface area (Å²) in [5.74, 6) is -3.39. The Morgan fingerprint density at radius 2 is 0.812 bits per heavy atom. The quantitative estimate of drug-likeness (QED) is 0.285. The summed E-state index contributed by atoms with van der Waals surface area (Å²) in [7, 11) is 2.70. The molecule has 0 aliphatic carbocycles. The van der Waals surface area contributed by atoms with Crippen molar-refractivity contribution in [1.82, 2.24) is 0 Å². The van der Waals surface area contributed by atoms with Crippen LogP contribution >= 0.6 is 0 Å². The third-order valence-electron chi connectivity index (χ3n) is 3.46. The Hall–Kier alpha value is -2.86. The lowest BCUT2D eigenvalue weighted by molar-refractivity contribution is -0.172. The van der Waals surface area contributed by atoms with Gasteiger partial charge in [0.1, 0.15) is 13.2 Å². The molecule has 4 atom stereocenters. The zero-order valence-electron chi connectivity index (χ0n) is 19.6. The molecule has 12 nitrogen and oxygen atoms in total. The van der Waals surface area contributed by atoms with Gasteiger partial charge < -0.3 is 28.4 Å². The van der Waals surface area contributed by atoms with Gasteiger partial charge in [0.15, 0.2) is 36.0 Å². The van der Waals surface area contributed by atoms with Crippen LogP contribution in [-0.2, 0) is 57.2 Å². The number of carbonyl (C=O) groups excluding carboxylic acids is 6. The van der Waals surface area contributed by atoms with Crippen LogP contribution in [0.2, 0.25) is 0 Å². The highest BCUT2D eigenvalue weighted by Crippen LogP contribution is 2.01. The highest BCUT2D eigenvalue weighted by molar-refractivity contribution is 5.84. The van der Waals surface area contributed by atoms with Crippen LogP contribution in [0, 0.1) is 0 Å². The van der Waals surface area contributed by atoms with Gasteiger partial charge in [0.25, 0.3) is 0 Å². The highest BCUT2D eigenvalue weighted by Gasteiger charge is 2.24. The van der Waals surface area contributed by atoms with E-state index in [1.54, 1.807) is 0 Å². The summed E-state index contributed by atoms with van der Waals surface area (Å²) in [4.78, 5) is 65.9. The molecule has 0 radical (unpaired) electrons. The fourth-order valence-corrected chi connectivity index (χ4v) is 1.41. The summed E-state index contributed by atoms with van der Waals surface area (Å²) in [6.07, 6.45) is -3.60. The third kappa shape index (κ3) is 15.0. The number of esters is 4. The summed E-state index contributed by atoms with van der Waals surface area (Å²) in [6, 6.07) is 0. The minimum atomic E-state index is -1.05. The van der Waals surface area contributed by atoms with Crippen LogP contribution < -0.4 is 0 Å². The van der Waals surface area contributed by atoms with Crippen LogP contribution in [0.15, 0.2) is 0 Å². The minimum absolute atomic E-state index is 0.280. The zero-order valence-corrected chi connectivity index (χ0v) is 19.6. The fraction of sp³-hybridized carbons (Fsp3) is 0.700. The zero-order chi connectivity index (χ0) is 25.4. The van der Waals surface area contributed by atoms with Crippen molar-refractivity contribution in [2.45, 2.75) is 66.0 Å². The molecule has 0 heterocycles. The van der Waals surface area contributed by atoms with E-state index in [1.807, 2.05) is 0 Å². The predicted octanol–water partition coefficient (Wildman–Crippen LogP) is 0.170. The van der Waals surface area contributed by atoms with Gasteiger partial charge in [0, 0.05) is 14.2 Å². The van der Waals surface area contributed by atoms with Crippen molar-refractivity contribution in [3.63, 3.8) is 0 Å². The maximum Gasteiger partial charge on any atom is 0.347 e. The van der Waals surface area contributed by atoms with E-state index >= 15 is 0 Å². The number of rotatable bonds is 12. The Labute approximate surface area is 186 Å². The van der Waals surface area contributed by atoms with Crippen LogP contribution in [0.5, 0.6) is 0 Å². The van der Waals surface area contributed by atoms with E-state index in [9.17, 15) is 28.8 Å². The molecule has 0 aromatic carbocycles. The summed E-state index contributed by atoms with van der Waals surface area (Å²) in [5, 5.41) is 0. The van der Waals surface area contributed by atoms with Crippen LogP contribution in [0.1, 0.15) is 41.5 Å². The molecule has 0 spiro atoms. The molecule has 0 aliphatic rings. The topological polar surface area (TPSA) is 158 Å². The molecule has 0 unspecified atom stereocenters. The van der Waals surface area contributed by atoms with Crippen molar-refractivity contribution in [3.8, 4) is 0 Å². The van der Waals surface area contributed by atoms with Crippen LogP contribution in [0.25, 0.3) is 0 Å². The molecule has 0 amide bonds. The first-order chi connectivity index (χ1) is 14.8. The lowest BCUT2D eigenvalue weighted by Gasteiger charge is -2.14. The molecule has 0 fully saturated rings. The monoisotopic (exact) mass is 464 g/mol. The van der Waals surface area contributed by atoms with Crippen molar-refractivity contribution in [3.05, 3.63) is 0 Å². The average Bonchev–Trinajstić information content (AvgIpc) is 2.74. The Morgan fingerprint density at radius 3 is 1.03 bits per heavy atom. The lowest BCUT2D eigenvalue weighted by atomic mass is 10.3. The number of carbonyl (C=O) groups is 6. The summed E-state index contributed by atoms with van der Waals surface area (Å²) < 4.78 is 28.1. The molecule has 0 aliphatic heterocycles. The van der Waals surface area contributed by atoms with Crippen LogP contribution in [0.4, 0.5) is 0 Å². The molecule has 32 heavy (non-hydrogen) atoms. The molecule has 0 saturated heterocycles. The van der Waals surface area contributed by atoms with Crippen molar-refractivity contribution in [1.29, 1.82) is 0 Å². The van der Waals surface area contributed by atoms with Gasteiger partial charge in [-0.15, -0.1) is 0 Å². The van der Waals surface area contributed by atoms with Gasteiger partial charge in [-0.25, -0.2) is 19.2 Å². The van der Waals surface area contributed by atoms with E-state index in [-0.39, 0.29) is 24.8 Å². The van der Waals surface area contributed by atoms with Gasteiger partial charge in [0.05, 0.1) is 0 Å². The molecule has 0 rings (SSSR count). The number of methoxy groups -OCH3 is 2. The normalized spacial score (nSPS) is 13.8. The first-order valence-electron chi connectivity index (χ1n) is 9.55. The first kappa shape index (κ1) is 31.3. The van der Waals surface area contributed by atoms with Gasteiger partial charge >= 0.3 is 23.9 Å². The summed E-state index contributed by atoms with van der Waals surface area (Å²) >= 11 is 0. The van der Waals surface area contributed by atoms with Crippen molar-refractivity contribution in [2.75, 3.05) is 27.4 Å². The van der Waals surface area contributed by atoms with E-state index in [2.05, 4.69) is 9.47 Å². The Bertz CT molecular complexity index is 601. The SMILES string of the molecule is CO[C@@H](C)C(=O)O[C@H](C)C(=O)OCC(C)=O.CO[C@H](C)C(=O)O[C@@H](C)C(=O)OCC(C)=O. The second-order valence-electron chi connectivity index (χ2n) is 6.53.